The molecule has 1 aliphatic heterocycles. The first-order valence-electron chi connectivity index (χ1n) is 10.2. The summed E-state index contributed by atoms with van der Waals surface area (Å²) in [6, 6.07) is 12.5. The van der Waals surface area contributed by atoms with Crippen LogP contribution in [0.1, 0.15) is 5.56 Å². The maximum Gasteiger partial charge on any atom is 0.416 e. The van der Waals surface area contributed by atoms with E-state index in [1.807, 2.05) is 24.3 Å². The number of alkyl halides is 3. The third kappa shape index (κ3) is 5.42. The second kappa shape index (κ2) is 9.07. The number of para-hydroxylation sites is 1. The average molecular weight is 430 g/mol. The van der Waals surface area contributed by atoms with Crippen LogP contribution in [-0.4, -0.2) is 66.1 Å². The zero-order valence-electron chi connectivity index (χ0n) is 17.3. The van der Waals surface area contributed by atoms with Crippen molar-refractivity contribution < 1.29 is 13.2 Å². The Kier molecular flexibility index (Phi) is 6.24. The van der Waals surface area contributed by atoms with Crippen molar-refractivity contribution in [3.05, 3.63) is 54.1 Å². The lowest BCUT2D eigenvalue weighted by atomic mass is 10.2. The molecular weight excluding hydrogens is 405 g/mol. The molecule has 9 heteroatoms. The second-order valence-electron chi connectivity index (χ2n) is 7.68. The fourth-order valence-corrected chi connectivity index (χ4v) is 3.54. The monoisotopic (exact) mass is 430 g/mol. The van der Waals surface area contributed by atoms with Gasteiger partial charge in [0.2, 0.25) is 5.95 Å². The number of fused-ring (bicyclic) bond motifs is 1. The van der Waals surface area contributed by atoms with Gasteiger partial charge < -0.3 is 15.5 Å². The van der Waals surface area contributed by atoms with Gasteiger partial charge in [0, 0.05) is 50.3 Å². The van der Waals surface area contributed by atoms with E-state index in [1.165, 1.54) is 12.1 Å². The normalized spacial score (nSPS) is 15.9. The number of hydrogen-bond acceptors (Lipinski definition) is 6. The van der Waals surface area contributed by atoms with Gasteiger partial charge in [-0.05, 0) is 43.4 Å². The van der Waals surface area contributed by atoms with Crippen LogP contribution in [0.5, 0.6) is 0 Å². The van der Waals surface area contributed by atoms with Crippen molar-refractivity contribution >= 4 is 28.4 Å². The lowest BCUT2D eigenvalue weighted by Crippen LogP contribution is -2.45. The molecule has 6 nitrogen and oxygen atoms in total. The lowest BCUT2D eigenvalue weighted by molar-refractivity contribution is -0.137. The minimum absolute atomic E-state index is 0.334. The maximum absolute atomic E-state index is 12.8. The number of nitrogens with one attached hydrogen (secondary N) is 2. The van der Waals surface area contributed by atoms with Crippen LogP contribution in [0, 0.1) is 0 Å². The number of benzene rings is 2. The molecular formula is C22H25F3N6. The highest BCUT2D eigenvalue weighted by Crippen LogP contribution is 2.30. The smallest absolute Gasteiger partial charge is 0.368 e. The third-order valence-corrected chi connectivity index (χ3v) is 5.39. The zero-order chi connectivity index (χ0) is 21.8. The quantitative estimate of drug-likeness (QED) is 0.615. The zero-order valence-corrected chi connectivity index (χ0v) is 17.3. The van der Waals surface area contributed by atoms with Gasteiger partial charge in [0.25, 0.3) is 0 Å². The Morgan fingerprint density at radius 2 is 1.65 bits per heavy atom. The molecule has 2 aromatic carbocycles. The molecule has 164 valence electrons. The number of aromatic nitrogens is 2. The van der Waals surface area contributed by atoms with E-state index >= 15 is 0 Å². The van der Waals surface area contributed by atoms with Gasteiger partial charge in [0.1, 0.15) is 5.82 Å². The van der Waals surface area contributed by atoms with E-state index in [4.69, 9.17) is 0 Å². The number of halogens is 3. The summed E-state index contributed by atoms with van der Waals surface area (Å²) in [6.07, 6.45) is -4.36. The average Bonchev–Trinajstić information content (AvgIpc) is 2.75. The molecule has 0 saturated carbocycles. The van der Waals surface area contributed by atoms with Crippen molar-refractivity contribution in [1.82, 2.24) is 19.8 Å². The molecule has 4 rings (SSSR count). The Morgan fingerprint density at radius 1 is 0.935 bits per heavy atom. The van der Waals surface area contributed by atoms with E-state index in [9.17, 15) is 13.2 Å². The molecule has 0 radical (unpaired) electrons. The van der Waals surface area contributed by atoms with E-state index in [2.05, 4.69) is 37.4 Å². The van der Waals surface area contributed by atoms with Crippen LogP contribution >= 0.6 is 0 Å². The summed E-state index contributed by atoms with van der Waals surface area (Å²) < 4.78 is 38.4. The highest BCUT2D eigenvalue weighted by molar-refractivity contribution is 5.90. The number of rotatable bonds is 6. The SMILES string of the molecule is CN1CCN(CCNc2nc(Nc3ccc(C(F)(F)F)cc3)nc3ccccc23)CC1. The highest BCUT2D eigenvalue weighted by atomic mass is 19.4. The number of hydrogen-bond donors (Lipinski definition) is 2. The van der Waals surface area contributed by atoms with E-state index < -0.39 is 11.7 Å². The highest BCUT2D eigenvalue weighted by Gasteiger charge is 2.30. The molecule has 0 spiro atoms. The molecule has 1 fully saturated rings. The van der Waals surface area contributed by atoms with E-state index in [-0.39, 0.29) is 0 Å². The summed E-state index contributed by atoms with van der Waals surface area (Å²) >= 11 is 0. The Morgan fingerprint density at radius 3 is 2.35 bits per heavy atom. The Balaban J connectivity index is 1.48. The van der Waals surface area contributed by atoms with E-state index in [1.54, 1.807) is 0 Å². The molecule has 0 amide bonds. The molecule has 1 aliphatic rings. The lowest BCUT2D eigenvalue weighted by Gasteiger charge is -2.32. The van der Waals surface area contributed by atoms with Crippen LogP contribution < -0.4 is 10.6 Å². The van der Waals surface area contributed by atoms with Crippen LogP contribution in [0.3, 0.4) is 0 Å². The molecule has 2 heterocycles. The largest absolute Gasteiger partial charge is 0.416 e. The topological polar surface area (TPSA) is 56.3 Å². The molecule has 3 aromatic rings. The van der Waals surface area contributed by atoms with Gasteiger partial charge in [-0.25, -0.2) is 4.98 Å². The third-order valence-electron chi connectivity index (χ3n) is 5.39. The number of anilines is 3. The van der Waals surface area contributed by atoms with Gasteiger partial charge in [0.15, 0.2) is 0 Å². The predicted molar refractivity (Wildman–Crippen MR) is 117 cm³/mol. The van der Waals surface area contributed by atoms with E-state index in [0.717, 1.165) is 62.3 Å². The first-order chi connectivity index (χ1) is 14.9. The van der Waals surface area contributed by atoms with Crippen LogP contribution in [0.2, 0.25) is 0 Å². The summed E-state index contributed by atoms with van der Waals surface area (Å²) in [5.41, 5.74) is 0.560. The fourth-order valence-electron chi connectivity index (χ4n) is 3.54. The molecule has 1 aromatic heterocycles. The number of nitrogens with zero attached hydrogens (tertiary/aromatic N) is 4. The summed E-state index contributed by atoms with van der Waals surface area (Å²) in [5, 5.41) is 7.32. The molecule has 0 unspecified atom stereocenters. The van der Waals surface area contributed by atoms with Crippen molar-refractivity contribution in [1.29, 1.82) is 0 Å². The Labute approximate surface area is 179 Å². The predicted octanol–water partition coefficient (Wildman–Crippen LogP) is 4.05. The standard InChI is InChI=1S/C22H25F3N6/c1-30-12-14-31(15-13-30)11-10-26-20-18-4-2-3-5-19(18)28-21(29-20)27-17-8-6-16(7-9-17)22(23,24)25/h2-9H,10-15H2,1H3,(H2,26,27,28,29). The molecule has 2 N–H and O–H groups in total. The van der Waals surface area contributed by atoms with Gasteiger partial charge >= 0.3 is 6.18 Å². The number of likely N-dealkylation sites (N-methyl/N-ethyl adjacent to an activating group) is 1. The van der Waals surface area contributed by atoms with Gasteiger partial charge in [-0.1, -0.05) is 12.1 Å². The first kappa shape index (κ1) is 21.3. The Bertz CT molecular complexity index is 1010. The molecule has 0 aliphatic carbocycles. The van der Waals surface area contributed by atoms with Gasteiger partial charge in [0.05, 0.1) is 11.1 Å². The van der Waals surface area contributed by atoms with Crippen molar-refractivity contribution in [2.45, 2.75) is 6.18 Å². The van der Waals surface area contributed by atoms with Crippen LogP contribution in [0.4, 0.5) is 30.6 Å². The molecule has 0 atom stereocenters. The second-order valence-corrected chi connectivity index (χ2v) is 7.68. The minimum Gasteiger partial charge on any atom is -0.368 e. The summed E-state index contributed by atoms with van der Waals surface area (Å²) in [4.78, 5) is 13.8. The van der Waals surface area contributed by atoms with Gasteiger partial charge in [-0.3, -0.25) is 4.90 Å². The van der Waals surface area contributed by atoms with Crippen molar-refractivity contribution in [3.63, 3.8) is 0 Å². The van der Waals surface area contributed by atoms with Crippen molar-refractivity contribution in [3.8, 4) is 0 Å². The minimum atomic E-state index is -4.36. The van der Waals surface area contributed by atoms with Crippen molar-refractivity contribution in [2.24, 2.45) is 0 Å². The number of piperazine rings is 1. The molecule has 1 saturated heterocycles. The fraction of sp³-hybridized carbons (Fsp3) is 0.364. The molecule has 0 bridgehead atoms. The van der Waals surface area contributed by atoms with Gasteiger partial charge in [-0.2, -0.15) is 18.2 Å². The summed E-state index contributed by atoms with van der Waals surface area (Å²) in [7, 11) is 2.13. The van der Waals surface area contributed by atoms with Crippen LogP contribution in [0.15, 0.2) is 48.5 Å². The Hall–Kier alpha value is -2.91. The molecule has 31 heavy (non-hydrogen) atoms. The van der Waals surface area contributed by atoms with Crippen molar-refractivity contribution in [2.75, 3.05) is 56.9 Å². The summed E-state index contributed by atoms with van der Waals surface area (Å²) in [5.74, 6) is 1.04. The summed E-state index contributed by atoms with van der Waals surface area (Å²) in [6.45, 7) is 5.88. The van der Waals surface area contributed by atoms with Crippen LogP contribution in [0.25, 0.3) is 10.9 Å². The first-order valence-corrected chi connectivity index (χ1v) is 10.2. The van der Waals surface area contributed by atoms with E-state index in [0.29, 0.717) is 17.5 Å². The maximum atomic E-state index is 12.8. The van der Waals surface area contributed by atoms with Gasteiger partial charge in [-0.15, -0.1) is 0 Å². The van der Waals surface area contributed by atoms with Crippen LogP contribution in [-0.2, 0) is 6.18 Å².